The fourth-order valence-electron chi connectivity index (χ4n) is 3.87. The average molecular weight is 391 g/mol. The van der Waals surface area contributed by atoms with Gasteiger partial charge in [0.1, 0.15) is 5.01 Å². The van der Waals surface area contributed by atoms with Gasteiger partial charge < -0.3 is 4.40 Å². The smallest absolute Gasteiger partial charge is 0.107 e. The predicted molar refractivity (Wildman–Crippen MR) is 111 cm³/mol. The Morgan fingerprint density at radius 3 is 2.89 bits per heavy atom. The molecule has 0 aromatic carbocycles. The molecule has 0 bridgehead atoms. The van der Waals surface area contributed by atoms with E-state index in [4.69, 9.17) is 4.98 Å². The summed E-state index contributed by atoms with van der Waals surface area (Å²) in [6.45, 7) is 3.97. The van der Waals surface area contributed by atoms with E-state index in [0.717, 1.165) is 43.0 Å². The molecule has 1 aliphatic rings. The number of rotatable bonds is 4. The summed E-state index contributed by atoms with van der Waals surface area (Å²) in [5.74, 6) is 0. The Hall–Kier alpha value is -2.61. The van der Waals surface area contributed by atoms with Gasteiger partial charge in [-0.1, -0.05) is 12.1 Å². The van der Waals surface area contributed by atoms with Crippen LogP contribution in [0.1, 0.15) is 16.7 Å². The molecule has 6 nitrogen and oxygen atoms in total. The zero-order valence-electron chi connectivity index (χ0n) is 15.8. The van der Waals surface area contributed by atoms with Crippen molar-refractivity contribution in [2.75, 3.05) is 26.7 Å². The number of aromatic nitrogens is 4. The summed E-state index contributed by atoms with van der Waals surface area (Å²) in [6.07, 6.45) is 9.64. The summed E-state index contributed by atoms with van der Waals surface area (Å²) < 4.78 is 2.13. The largest absolute Gasteiger partial charge is 0.305 e. The summed E-state index contributed by atoms with van der Waals surface area (Å²) in [6, 6.07) is 8.67. The molecule has 4 aromatic heterocycles. The van der Waals surface area contributed by atoms with E-state index in [1.54, 1.807) is 17.5 Å². The minimum atomic E-state index is 0.281. The standard InChI is InChI=1S/C21H22N6S/c1-25-8-9-26(14-20-23-7-10-28-20)13-19(25)21-18-5-4-17(12-27(18)15-24-21)16-3-2-6-22-11-16/h2-7,10-12,15,19H,8-9,13-14H2,1H3. The molecule has 0 radical (unpaired) electrons. The van der Waals surface area contributed by atoms with Crippen LogP contribution in [0.25, 0.3) is 16.6 Å². The minimum absolute atomic E-state index is 0.281. The van der Waals surface area contributed by atoms with Gasteiger partial charge >= 0.3 is 0 Å². The van der Waals surface area contributed by atoms with E-state index in [1.165, 1.54) is 10.5 Å². The van der Waals surface area contributed by atoms with Crippen molar-refractivity contribution in [1.29, 1.82) is 0 Å². The first-order chi connectivity index (χ1) is 13.8. The SMILES string of the molecule is CN1CCN(Cc2nccs2)CC1c1ncn2cc(-c3cccnc3)ccc12. The number of nitrogens with zero attached hydrogens (tertiary/aromatic N) is 6. The normalized spacial score (nSPS) is 18.7. The third-order valence-electron chi connectivity index (χ3n) is 5.45. The molecular weight excluding hydrogens is 368 g/mol. The maximum Gasteiger partial charge on any atom is 0.107 e. The lowest BCUT2D eigenvalue weighted by Crippen LogP contribution is -2.46. The minimum Gasteiger partial charge on any atom is -0.305 e. The highest BCUT2D eigenvalue weighted by Gasteiger charge is 2.29. The van der Waals surface area contributed by atoms with Gasteiger partial charge in [-0.2, -0.15) is 0 Å². The van der Waals surface area contributed by atoms with Gasteiger partial charge in [0.05, 0.1) is 30.1 Å². The summed E-state index contributed by atoms with van der Waals surface area (Å²) in [5, 5.41) is 3.23. The molecule has 1 saturated heterocycles. The molecule has 1 fully saturated rings. The van der Waals surface area contributed by atoms with Gasteiger partial charge in [0.25, 0.3) is 0 Å². The van der Waals surface area contributed by atoms with Crippen molar-refractivity contribution in [1.82, 2.24) is 29.2 Å². The number of hydrogen-bond donors (Lipinski definition) is 0. The summed E-state index contributed by atoms with van der Waals surface area (Å²) in [7, 11) is 2.20. The van der Waals surface area contributed by atoms with Crippen LogP contribution in [-0.4, -0.2) is 55.8 Å². The molecule has 0 saturated carbocycles. The number of likely N-dealkylation sites (N-methyl/N-ethyl adjacent to an activating group) is 1. The summed E-state index contributed by atoms with van der Waals surface area (Å²) in [4.78, 5) is 18.4. The van der Waals surface area contributed by atoms with E-state index < -0.39 is 0 Å². The van der Waals surface area contributed by atoms with Crippen molar-refractivity contribution in [3.63, 3.8) is 0 Å². The maximum absolute atomic E-state index is 4.80. The lowest BCUT2D eigenvalue weighted by atomic mass is 10.1. The molecule has 1 atom stereocenters. The monoisotopic (exact) mass is 390 g/mol. The Labute approximate surface area is 168 Å². The fraction of sp³-hybridized carbons (Fsp3) is 0.286. The van der Waals surface area contributed by atoms with Crippen molar-refractivity contribution in [3.05, 3.63) is 71.5 Å². The first-order valence-electron chi connectivity index (χ1n) is 9.46. The highest BCUT2D eigenvalue weighted by Crippen LogP contribution is 2.29. The second-order valence-corrected chi connectivity index (χ2v) is 8.22. The van der Waals surface area contributed by atoms with Crippen LogP contribution in [0.2, 0.25) is 0 Å². The topological polar surface area (TPSA) is 49.6 Å². The van der Waals surface area contributed by atoms with Crippen molar-refractivity contribution >= 4 is 16.9 Å². The fourth-order valence-corrected chi connectivity index (χ4v) is 4.53. The first-order valence-corrected chi connectivity index (χ1v) is 10.3. The van der Waals surface area contributed by atoms with Crippen LogP contribution in [0.5, 0.6) is 0 Å². The molecule has 0 amide bonds. The van der Waals surface area contributed by atoms with Crippen LogP contribution < -0.4 is 0 Å². The molecule has 5 rings (SSSR count). The summed E-state index contributed by atoms with van der Waals surface area (Å²) >= 11 is 1.73. The van der Waals surface area contributed by atoms with E-state index >= 15 is 0 Å². The number of hydrogen-bond acceptors (Lipinski definition) is 6. The van der Waals surface area contributed by atoms with Crippen LogP contribution in [0.4, 0.5) is 0 Å². The lowest BCUT2D eigenvalue weighted by Gasteiger charge is -2.38. The molecule has 142 valence electrons. The molecule has 0 spiro atoms. The molecule has 5 heterocycles. The highest BCUT2D eigenvalue weighted by atomic mass is 32.1. The van der Waals surface area contributed by atoms with Crippen molar-refractivity contribution in [3.8, 4) is 11.1 Å². The number of imidazole rings is 1. The molecule has 28 heavy (non-hydrogen) atoms. The van der Waals surface area contributed by atoms with Crippen LogP contribution in [0.15, 0.2) is 60.8 Å². The molecular formula is C21H22N6S. The third kappa shape index (κ3) is 3.32. The Bertz CT molecular complexity index is 1060. The Morgan fingerprint density at radius 1 is 1.11 bits per heavy atom. The van der Waals surface area contributed by atoms with E-state index in [0.29, 0.717) is 0 Å². The van der Waals surface area contributed by atoms with Crippen molar-refractivity contribution in [2.24, 2.45) is 0 Å². The van der Waals surface area contributed by atoms with E-state index in [2.05, 4.69) is 55.6 Å². The van der Waals surface area contributed by atoms with Crippen LogP contribution in [0, 0.1) is 0 Å². The quantitative estimate of drug-likeness (QED) is 0.535. The predicted octanol–water partition coefficient (Wildman–Crippen LogP) is 3.34. The second-order valence-electron chi connectivity index (χ2n) is 7.24. The van der Waals surface area contributed by atoms with Gasteiger partial charge in [-0.15, -0.1) is 11.3 Å². The second kappa shape index (κ2) is 7.43. The first kappa shape index (κ1) is 17.5. The third-order valence-corrected chi connectivity index (χ3v) is 6.21. The van der Waals surface area contributed by atoms with Gasteiger partial charge in [-0.05, 0) is 24.7 Å². The van der Waals surface area contributed by atoms with Crippen molar-refractivity contribution in [2.45, 2.75) is 12.6 Å². The maximum atomic E-state index is 4.80. The van der Waals surface area contributed by atoms with E-state index in [-0.39, 0.29) is 6.04 Å². The average Bonchev–Trinajstić information content (AvgIpc) is 3.39. The van der Waals surface area contributed by atoms with Gasteiger partial charge in [-0.3, -0.25) is 14.8 Å². The van der Waals surface area contributed by atoms with Gasteiger partial charge in [0.15, 0.2) is 0 Å². The lowest BCUT2D eigenvalue weighted by molar-refractivity contribution is 0.0892. The van der Waals surface area contributed by atoms with E-state index in [9.17, 15) is 0 Å². The Balaban J connectivity index is 1.43. The molecule has 0 N–H and O–H groups in total. The number of thiazole rings is 1. The highest BCUT2D eigenvalue weighted by molar-refractivity contribution is 7.09. The summed E-state index contributed by atoms with van der Waals surface area (Å²) in [5.41, 5.74) is 4.57. The van der Waals surface area contributed by atoms with Crippen molar-refractivity contribution < 1.29 is 0 Å². The number of piperazine rings is 1. The Kier molecular flexibility index (Phi) is 4.64. The van der Waals surface area contributed by atoms with Gasteiger partial charge in [0.2, 0.25) is 0 Å². The molecule has 7 heteroatoms. The zero-order chi connectivity index (χ0) is 18.9. The zero-order valence-corrected chi connectivity index (χ0v) is 16.6. The van der Waals surface area contributed by atoms with Crippen LogP contribution in [-0.2, 0) is 6.54 Å². The van der Waals surface area contributed by atoms with Gasteiger partial charge in [-0.25, -0.2) is 9.97 Å². The van der Waals surface area contributed by atoms with E-state index in [1.807, 2.05) is 30.2 Å². The van der Waals surface area contributed by atoms with Gasteiger partial charge in [0, 0.05) is 55.4 Å². The molecule has 4 aromatic rings. The molecule has 0 aliphatic carbocycles. The van der Waals surface area contributed by atoms with Crippen LogP contribution >= 0.6 is 11.3 Å². The number of pyridine rings is 2. The Morgan fingerprint density at radius 2 is 2.07 bits per heavy atom. The number of fused-ring (bicyclic) bond motifs is 1. The van der Waals surface area contributed by atoms with Crippen LogP contribution in [0.3, 0.4) is 0 Å². The molecule has 1 unspecified atom stereocenters. The molecule has 1 aliphatic heterocycles.